The summed E-state index contributed by atoms with van der Waals surface area (Å²) in [4.78, 5) is 22.4. The second-order valence-corrected chi connectivity index (χ2v) is 4.47. The molecule has 104 valence electrons. The van der Waals surface area contributed by atoms with Gasteiger partial charge in [-0.1, -0.05) is 0 Å². The predicted octanol–water partition coefficient (Wildman–Crippen LogP) is 1.72. The van der Waals surface area contributed by atoms with Crippen molar-refractivity contribution >= 4 is 17.5 Å². The van der Waals surface area contributed by atoms with E-state index in [0.29, 0.717) is 11.3 Å². The third kappa shape index (κ3) is 3.01. The van der Waals surface area contributed by atoms with Gasteiger partial charge >= 0.3 is 5.97 Å². The summed E-state index contributed by atoms with van der Waals surface area (Å²) in [5.41, 5.74) is 1.79. The Labute approximate surface area is 111 Å². The Bertz CT molecular complexity index is 541. The van der Waals surface area contributed by atoms with E-state index in [1.54, 1.807) is 18.5 Å². The molecule has 0 aliphatic rings. The van der Waals surface area contributed by atoms with Crippen LogP contribution >= 0.6 is 0 Å². The van der Waals surface area contributed by atoms with Crippen molar-refractivity contribution in [3.63, 3.8) is 0 Å². The second-order valence-electron chi connectivity index (χ2n) is 4.47. The fourth-order valence-electron chi connectivity index (χ4n) is 1.89. The fraction of sp³-hybridized carbons (Fsp3) is 0.462. The average Bonchev–Trinajstić information content (AvgIpc) is 2.63. The zero-order valence-corrected chi connectivity index (χ0v) is 11.7. The SMILES string of the molecule is COC(=O)C(=O)C=C(O)c1c(C)nn(C(C)C)c1C. The first kappa shape index (κ1) is 14.9. The molecule has 0 aliphatic carbocycles. The highest BCUT2D eigenvalue weighted by atomic mass is 16.5. The fourth-order valence-corrected chi connectivity index (χ4v) is 1.89. The number of esters is 1. The molecule has 1 aromatic rings. The summed E-state index contributed by atoms with van der Waals surface area (Å²) < 4.78 is 6.04. The Balaban J connectivity index is 3.20. The minimum Gasteiger partial charge on any atom is -0.507 e. The molecule has 0 saturated heterocycles. The summed E-state index contributed by atoms with van der Waals surface area (Å²) in [6, 6.07) is 0.136. The minimum absolute atomic E-state index is 0.136. The van der Waals surface area contributed by atoms with Crippen LogP contribution in [0.4, 0.5) is 0 Å². The van der Waals surface area contributed by atoms with E-state index in [0.717, 1.165) is 18.9 Å². The molecule has 1 rings (SSSR count). The van der Waals surface area contributed by atoms with Gasteiger partial charge in [0.25, 0.3) is 5.78 Å². The monoisotopic (exact) mass is 266 g/mol. The molecule has 0 bridgehead atoms. The van der Waals surface area contributed by atoms with Crippen molar-refractivity contribution in [2.75, 3.05) is 7.11 Å². The molecule has 1 N–H and O–H groups in total. The number of nitrogens with zero attached hydrogens (tertiary/aromatic N) is 2. The Hall–Kier alpha value is -2.11. The number of ether oxygens (including phenoxy) is 1. The van der Waals surface area contributed by atoms with Gasteiger partial charge in [0.2, 0.25) is 0 Å². The number of methoxy groups -OCH3 is 1. The van der Waals surface area contributed by atoms with Crippen LogP contribution in [-0.4, -0.2) is 33.7 Å². The van der Waals surface area contributed by atoms with Crippen molar-refractivity contribution in [1.82, 2.24) is 9.78 Å². The first-order valence-electron chi connectivity index (χ1n) is 5.88. The maximum Gasteiger partial charge on any atom is 0.378 e. The van der Waals surface area contributed by atoms with E-state index in [9.17, 15) is 14.7 Å². The number of carbonyl (C=O) groups excluding carboxylic acids is 2. The molecule has 6 heteroatoms. The Kier molecular flexibility index (Phi) is 4.47. The average molecular weight is 266 g/mol. The lowest BCUT2D eigenvalue weighted by Gasteiger charge is -2.08. The molecule has 0 radical (unpaired) electrons. The number of aliphatic hydroxyl groups is 1. The topological polar surface area (TPSA) is 81.4 Å². The molecule has 0 saturated carbocycles. The van der Waals surface area contributed by atoms with Crippen LogP contribution in [0.2, 0.25) is 0 Å². The minimum atomic E-state index is -1.02. The van der Waals surface area contributed by atoms with Crippen LogP contribution in [-0.2, 0) is 14.3 Å². The van der Waals surface area contributed by atoms with E-state index >= 15 is 0 Å². The standard InChI is InChI=1S/C13H18N2O4/c1-7(2)15-9(4)12(8(3)14-15)10(16)6-11(17)13(18)19-5/h6-7,16H,1-5H3. The van der Waals surface area contributed by atoms with Gasteiger partial charge in [-0.25, -0.2) is 4.79 Å². The lowest BCUT2D eigenvalue weighted by atomic mass is 10.1. The van der Waals surface area contributed by atoms with Crippen molar-refractivity contribution < 1.29 is 19.4 Å². The molecular weight excluding hydrogens is 248 g/mol. The highest BCUT2D eigenvalue weighted by molar-refractivity contribution is 6.39. The third-order valence-electron chi connectivity index (χ3n) is 2.72. The van der Waals surface area contributed by atoms with E-state index in [1.165, 1.54) is 0 Å². The number of aromatic nitrogens is 2. The van der Waals surface area contributed by atoms with Gasteiger partial charge in [-0.3, -0.25) is 9.48 Å². The Morgan fingerprint density at radius 1 is 1.37 bits per heavy atom. The number of carbonyl (C=O) groups is 2. The van der Waals surface area contributed by atoms with E-state index in [4.69, 9.17) is 0 Å². The highest BCUT2D eigenvalue weighted by Crippen LogP contribution is 2.23. The van der Waals surface area contributed by atoms with Gasteiger partial charge in [-0.05, 0) is 27.7 Å². The normalized spacial score (nSPS) is 11.8. The van der Waals surface area contributed by atoms with Crippen LogP contribution in [0.5, 0.6) is 0 Å². The molecule has 0 atom stereocenters. The van der Waals surface area contributed by atoms with Crippen LogP contribution in [0.3, 0.4) is 0 Å². The molecule has 0 spiro atoms. The number of hydrogen-bond donors (Lipinski definition) is 1. The molecule has 19 heavy (non-hydrogen) atoms. The van der Waals surface area contributed by atoms with E-state index in [2.05, 4.69) is 9.84 Å². The number of ketones is 1. The van der Waals surface area contributed by atoms with Gasteiger partial charge in [0.15, 0.2) is 0 Å². The van der Waals surface area contributed by atoms with E-state index in [-0.39, 0.29) is 11.8 Å². The summed E-state index contributed by atoms with van der Waals surface area (Å²) in [6.45, 7) is 7.45. The van der Waals surface area contributed by atoms with Crippen molar-refractivity contribution in [1.29, 1.82) is 0 Å². The predicted molar refractivity (Wildman–Crippen MR) is 69.7 cm³/mol. The lowest BCUT2D eigenvalue weighted by Crippen LogP contribution is -2.13. The van der Waals surface area contributed by atoms with Crippen LogP contribution in [0.1, 0.15) is 36.8 Å². The van der Waals surface area contributed by atoms with E-state index in [1.807, 2.05) is 13.8 Å². The summed E-state index contributed by atoms with van der Waals surface area (Å²) in [7, 11) is 1.11. The molecule has 0 amide bonds. The maximum absolute atomic E-state index is 11.4. The van der Waals surface area contributed by atoms with E-state index < -0.39 is 11.8 Å². The molecule has 0 fully saturated rings. The summed E-state index contributed by atoms with van der Waals surface area (Å²) in [6.07, 6.45) is 0.855. The quantitative estimate of drug-likeness (QED) is 0.388. The third-order valence-corrected chi connectivity index (χ3v) is 2.72. The van der Waals surface area contributed by atoms with Gasteiger partial charge in [0.05, 0.1) is 18.4 Å². The van der Waals surface area contributed by atoms with Crippen LogP contribution < -0.4 is 0 Å². The van der Waals surface area contributed by atoms with Gasteiger partial charge in [-0.2, -0.15) is 5.10 Å². The zero-order valence-electron chi connectivity index (χ0n) is 11.7. The zero-order chi connectivity index (χ0) is 14.7. The molecule has 0 unspecified atom stereocenters. The smallest absolute Gasteiger partial charge is 0.378 e. The highest BCUT2D eigenvalue weighted by Gasteiger charge is 2.19. The molecule has 0 aliphatic heterocycles. The molecule has 6 nitrogen and oxygen atoms in total. The summed E-state index contributed by atoms with van der Waals surface area (Å²) in [5, 5.41) is 14.3. The maximum atomic E-state index is 11.4. The van der Waals surface area contributed by atoms with Crippen molar-refractivity contribution in [3.8, 4) is 0 Å². The first-order valence-corrected chi connectivity index (χ1v) is 5.88. The summed E-state index contributed by atoms with van der Waals surface area (Å²) in [5.74, 6) is -2.20. The van der Waals surface area contributed by atoms with Crippen LogP contribution in [0, 0.1) is 13.8 Å². The van der Waals surface area contributed by atoms with Crippen LogP contribution in [0.25, 0.3) is 5.76 Å². The lowest BCUT2D eigenvalue weighted by molar-refractivity contribution is -0.149. The number of aryl methyl sites for hydroxylation is 1. The van der Waals surface area contributed by atoms with Gasteiger partial charge in [-0.15, -0.1) is 0 Å². The molecule has 1 heterocycles. The second kappa shape index (κ2) is 5.69. The number of hydrogen-bond acceptors (Lipinski definition) is 5. The molecule has 0 aromatic carbocycles. The van der Waals surface area contributed by atoms with Gasteiger partial charge in [0, 0.05) is 17.8 Å². The Morgan fingerprint density at radius 2 is 1.95 bits per heavy atom. The molecule has 1 aromatic heterocycles. The molecular formula is C13H18N2O4. The Morgan fingerprint density at radius 3 is 2.37 bits per heavy atom. The van der Waals surface area contributed by atoms with Crippen molar-refractivity contribution in [2.45, 2.75) is 33.7 Å². The largest absolute Gasteiger partial charge is 0.507 e. The summed E-state index contributed by atoms with van der Waals surface area (Å²) >= 11 is 0. The van der Waals surface area contributed by atoms with Crippen LogP contribution in [0.15, 0.2) is 6.08 Å². The number of aliphatic hydroxyl groups excluding tert-OH is 1. The first-order chi connectivity index (χ1) is 8.79. The van der Waals surface area contributed by atoms with Crippen molar-refractivity contribution in [3.05, 3.63) is 23.0 Å². The van der Waals surface area contributed by atoms with Gasteiger partial charge < -0.3 is 9.84 Å². The number of rotatable bonds is 4. The van der Waals surface area contributed by atoms with Crippen molar-refractivity contribution in [2.24, 2.45) is 0 Å². The van der Waals surface area contributed by atoms with Gasteiger partial charge in [0.1, 0.15) is 5.76 Å².